The Labute approximate surface area is 140 Å². The van der Waals surface area contributed by atoms with Crippen LogP contribution in [0.1, 0.15) is 0 Å². The third-order valence-electron chi connectivity index (χ3n) is 4.26. The largest absolute Gasteiger partial charge is 0.379 e. The fourth-order valence-corrected chi connectivity index (χ4v) is 2.76. The number of hydrogen-bond donors (Lipinski definition) is 2. The van der Waals surface area contributed by atoms with Crippen LogP contribution in [0.25, 0.3) is 0 Å². The maximum atomic E-state index is 5.83. The van der Waals surface area contributed by atoms with Crippen molar-refractivity contribution in [1.82, 2.24) is 20.4 Å². The summed E-state index contributed by atoms with van der Waals surface area (Å²) in [7, 11) is 0. The van der Waals surface area contributed by atoms with Gasteiger partial charge in [-0.05, 0) is 0 Å². The van der Waals surface area contributed by atoms with Gasteiger partial charge in [0.1, 0.15) is 0 Å². The molecule has 3 fully saturated rings. The summed E-state index contributed by atoms with van der Waals surface area (Å²) in [5.41, 5.74) is 0. The molecule has 136 valence electrons. The van der Waals surface area contributed by atoms with Gasteiger partial charge in [-0.25, -0.2) is 0 Å². The van der Waals surface area contributed by atoms with Gasteiger partial charge in [-0.3, -0.25) is 9.80 Å². The molecule has 0 aliphatic carbocycles. The minimum atomic E-state index is 0.778. The summed E-state index contributed by atoms with van der Waals surface area (Å²) in [6.07, 6.45) is 0. The van der Waals surface area contributed by atoms with Crippen molar-refractivity contribution in [1.29, 1.82) is 0 Å². The third-order valence-corrected chi connectivity index (χ3v) is 4.26. The summed E-state index contributed by atoms with van der Waals surface area (Å²) in [5.74, 6) is 0. The molecule has 2 bridgehead atoms. The normalized spacial score (nSPS) is 31.3. The minimum Gasteiger partial charge on any atom is -0.379 e. The van der Waals surface area contributed by atoms with Crippen molar-refractivity contribution >= 4 is 0 Å². The highest BCUT2D eigenvalue weighted by atomic mass is 16.5. The average Bonchev–Trinajstić information content (AvgIpc) is 2.55. The number of rotatable bonds is 0. The summed E-state index contributed by atoms with van der Waals surface area (Å²) in [6.45, 7) is 14.5. The maximum absolute atomic E-state index is 5.83. The van der Waals surface area contributed by atoms with Crippen LogP contribution in [0.5, 0.6) is 0 Å². The van der Waals surface area contributed by atoms with Crippen molar-refractivity contribution in [3.63, 3.8) is 0 Å². The van der Waals surface area contributed by atoms with Crippen LogP contribution in [0, 0.1) is 0 Å². The first kappa shape index (κ1) is 19.1. The second-order valence-corrected chi connectivity index (χ2v) is 6.02. The van der Waals surface area contributed by atoms with Crippen LogP contribution in [0.2, 0.25) is 0 Å². The van der Waals surface area contributed by atoms with Crippen LogP contribution in [-0.2, 0) is 14.2 Å². The van der Waals surface area contributed by atoms with Crippen molar-refractivity contribution in [2.45, 2.75) is 0 Å². The van der Waals surface area contributed by atoms with Crippen LogP contribution in [-0.4, -0.2) is 115 Å². The Kier molecular flexibility index (Phi) is 10.8. The molecule has 0 saturated carbocycles. The Morgan fingerprint density at radius 1 is 0.435 bits per heavy atom. The van der Waals surface area contributed by atoms with Crippen molar-refractivity contribution in [3.8, 4) is 0 Å². The molecule has 0 spiro atoms. The molecule has 0 atom stereocenters. The molecule has 7 nitrogen and oxygen atoms in total. The minimum absolute atomic E-state index is 0.778. The van der Waals surface area contributed by atoms with Gasteiger partial charge in [0.2, 0.25) is 0 Å². The van der Waals surface area contributed by atoms with Gasteiger partial charge in [0.15, 0.2) is 0 Å². The number of nitrogens with one attached hydrogen (secondary N) is 2. The second-order valence-electron chi connectivity index (χ2n) is 6.02. The molecule has 3 aliphatic rings. The number of ether oxygens (including phenoxy) is 3. The van der Waals surface area contributed by atoms with E-state index in [1.165, 1.54) is 0 Å². The predicted molar refractivity (Wildman–Crippen MR) is 91.1 cm³/mol. The monoisotopic (exact) mass is 330 g/mol. The summed E-state index contributed by atoms with van der Waals surface area (Å²) in [5, 5.41) is 6.88. The van der Waals surface area contributed by atoms with Crippen molar-refractivity contribution in [2.75, 3.05) is 105 Å². The lowest BCUT2D eigenvalue weighted by Crippen LogP contribution is -2.41. The average molecular weight is 330 g/mol. The number of nitrogens with zero attached hydrogens (tertiary/aromatic N) is 2. The molecule has 3 aliphatic heterocycles. The zero-order chi connectivity index (χ0) is 16.0. The van der Waals surface area contributed by atoms with Crippen LogP contribution < -0.4 is 10.6 Å². The molecule has 0 unspecified atom stereocenters. The molecule has 0 aromatic rings. The Balaban J connectivity index is 1.82. The molecule has 7 heteroatoms. The van der Waals surface area contributed by atoms with Gasteiger partial charge >= 0.3 is 0 Å². The van der Waals surface area contributed by atoms with Crippen LogP contribution in [0.4, 0.5) is 0 Å². The Morgan fingerprint density at radius 2 is 0.826 bits per heavy atom. The quantitative estimate of drug-likeness (QED) is 0.544. The molecular weight excluding hydrogens is 296 g/mol. The fourth-order valence-electron chi connectivity index (χ4n) is 2.76. The molecule has 0 radical (unpaired) electrons. The maximum Gasteiger partial charge on any atom is 0.0594 e. The van der Waals surface area contributed by atoms with E-state index in [1.54, 1.807) is 0 Å². The van der Waals surface area contributed by atoms with E-state index < -0.39 is 0 Å². The smallest absolute Gasteiger partial charge is 0.0594 e. The van der Waals surface area contributed by atoms with E-state index in [2.05, 4.69) is 20.4 Å². The van der Waals surface area contributed by atoms with Gasteiger partial charge in [0, 0.05) is 65.4 Å². The topological polar surface area (TPSA) is 58.2 Å². The van der Waals surface area contributed by atoms with E-state index in [0.717, 1.165) is 105 Å². The molecule has 3 heterocycles. The number of hydrogen-bond acceptors (Lipinski definition) is 7. The fraction of sp³-hybridized carbons (Fsp3) is 1.00. The summed E-state index contributed by atoms with van der Waals surface area (Å²) >= 11 is 0. The van der Waals surface area contributed by atoms with Gasteiger partial charge in [0.25, 0.3) is 0 Å². The summed E-state index contributed by atoms with van der Waals surface area (Å²) < 4.78 is 17.3. The first-order valence-electron chi connectivity index (χ1n) is 9.04. The second kappa shape index (κ2) is 13.1. The van der Waals surface area contributed by atoms with Crippen LogP contribution in [0.15, 0.2) is 0 Å². The molecule has 2 N–H and O–H groups in total. The standard InChI is InChI=1S/C16H34N4O3/c1-5-19-7-13-22-15-9-20(10-16-23-14-8-19)6-2-18-4-12-21-11-3-17-1/h17-18H,1-16H2. The molecule has 0 aromatic heterocycles. The van der Waals surface area contributed by atoms with Gasteiger partial charge in [-0.15, -0.1) is 0 Å². The molecule has 3 rings (SSSR count). The Morgan fingerprint density at radius 3 is 1.26 bits per heavy atom. The highest BCUT2D eigenvalue weighted by Crippen LogP contribution is 1.95. The van der Waals surface area contributed by atoms with Crippen LogP contribution in [0.3, 0.4) is 0 Å². The SMILES string of the molecule is C1COCCNCCN2CCOCCN(CCN1)CCOCC2. The zero-order valence-electron chi connectivity index (χ0n) is 14.4. The van der Waals surface area contributed by atoms with E-state index in [9.17, 15) is 0 Å². The van der Waals surface area contributed by atoms with E-state index >= 15 is 0 Å². The third kappa shape index (κ3) is 9.56. The van der Waals surface area contributed by atoms with E-state index in [1.807, 2.05) is 0 Å². The molecule has 3 saturated heterocycles. The predicted octanol–water partition coefficient (Wildman–Crippen LogP) is -1.15. The first-order chi connectivity index (χ1) is 11.4. The highest BCUT2D eigenvalue weighted by Gasteiger charge is 2.09. The van der Waals surface area contributed by atoms with E-state index in [0.29, 0.717) is 0 Å². The molecular formula is C16H34N4O3. The van der Waals surface area contributed by atoms with Gasteiger partial charge in [-0.1, -0.05) is 0 Å². The molecule has 23 heavy (non-hydrogen) atoms. The molecule has 0 amide bonds. The van der Waals surface area contributed by atoms with Crippen molar-refractivity contribution in [3.05, 3.63) is 0 Å². The van der Waals surface area contributed by atoms with Gasteiger partial charge in [-0.2, -0.15) is 0 Å². The van der Waals surface area contributed by atoms with Gasteiger partial charge in [0.05, 0.1) is 39.6 Å². The summed E-state index contributed by atoms with van der Waals surface area (Å²) in [6, 6.07) is 0. The van der Waals surface area contributed by atoms with E-state index in [4.69, 9.17) is 14.2 Å². The summed E-state index contributed by atoms with van der Waals surface area (Å²) in [4.78, 5) is 4.83. The van der Waals surface area contributed by atoms with Crippen molar-refractivity contribution < 1.29 is 14.2 Å². The first-order valence-corrected chi connectivity index (χ1v) is 9.04. The lowest BCUT2D eigenvalue weighted by atomic mass is 10.4. The molecule has 0 aromatic carbocycles. The Hall–Kier alpha value is -0.280. The zero-order valence-corrected chi connectivity index (χ0v) is 14.4. The highest BCUT2D eigenvalue weighted by molar-refractivity contribution is 4.64. The Bertz CT molecular complexity index is 241. The number of fused-ring (bicyclic) bond motifs is 18. The lowest BCUT2D eigenvalue weighted by molar-refractivity contribution is 0.0378. The lowest BCUT2D eigenvalue weighted by Gasteiger charge is -2.26. The van der Waals surface area contributed by atoms with E-state index in [-0.39, 0.29) is 0 Å². The van der Waals surface area contributed by atoms with Gasteiger partial charge < -0.3 is 24.8 Å². The van der Waals surface area contributed by atoms with Crippen LogP contribution >= 0.6 is 0 Å². The van der Waals surface area contributed by atoms with Crippen molar-refractivity contribution in [2.24, 2.45) is 0 Å².